The standard InChI is InChI=1S/C35H36Cl3N3O4S/c1-24-10-8-9-13-31(24)41(46(44,45)28-17-15-27(36)16-18-28)23-33(42)40(22-26-14-19-29(37)30(38)20-26)32(34(43)39-35(2,3)4)21-25-11-6-5-7-12-25/h5-20,32H,21-23H2,1-4H3,(H,39,43)/t32-/m1/s1. The molecule has 46 heavy (non-hydrogen) atoms. The molecule has 7 nitrogen and oxygen atoms in total. The van der Waals surface area contributed by atoms with E-state index in [1.165, 1.54) is 29.2 Å². The zero-order valence-electron chi connectivity index (χ0n) is 26.0. The van der Waals surface area contributed by atoms with Crippen molar-refractivity contribution in [3.63, 3.8) is 0 Å². The predicted molar refractivity (Wildman–Crippen MR) is 186 cm³/mol. The van der Waals surface area contributed by atoms with Gasteiger partial charge in [-0.25, -0.2) is 8.42 Å². The molecule has 0 radical (unpaired) electrons. The fourth-order valence-corrected chi connectivity index (χ4v) is 6.86. The Morgan fingerprint density at radius 3 is 2.04 bits per heavy atom. The van der Waals surface area contributed by atoms with E-state index in [-0.39, 0.29) is 28.8 Å². The summed E-state index contributed by atoms with van der Waals surface area (Å²) in [6.07, 6.45) is 0.185. The SMILES string of the molecule is Cc1ccccc1N(CC(=O)N(Cc1ccc(Cl)c(Cl)c1)[C@H](Cc1ccccc1)C(=O)NC(C)(C)C)S(=O)(=O)c1ccc(Cl)cc1. The number of anilines is 1. The van der Waals surface area contributed by atoms with Gasteiger partial charge in [0.05, 0.1) is 20.6 Å². The molecule has 0 aliphatic carbocycles. The van der Waals surface area contributed by atoms with Crippen LogP contribution in [0.2, 0.25) is 15.1 Å². The summed E-state index contributed by atoms with van der Waals surface area (Å²) in [5.74, 6) is -0.968. The first-order valence-electron chi connectivity index (χ1n) is 14.6. The maximum absolute atomic E-state index is 14.6. The summed E-state index contributed by atoms with van der Waals surface area (Å²) in [4.78, 5) is 30.0. The molecule has 4 aromatic carbocycles. The minimum atomic E-state index is -4.25. The van der Waals surface area contributed by atoms with E-state index in [1.54, 1.807) is 49.4 Å². The number of para-hydroxylation sites is 1. The summed E-state index contributed by atoms with van der Waals surface area (Å²) in [5, 5.41) is 4.02. The van der Waals surface area contributed by atoms with Crippen LogP contribution in [-0.4, -0.2) is 43.3 Å². The second-order valence-electron chi connectivity index (χ2n) is 12.0. The van der Waals surface area contributed by atoms with Gasteiger partial charge in [-0.2, -0.15) is 0 Å². The molecule has 1 atom stereocenters. The number of aryl methyl sites for hydroxylation is 1. The van der Waals surface area contributed by atoms with Gasteiger partial charge < -0.3 is 10.2 Å². The zero-order valence-corrected chi connectivity index (χ0v) is 29.1. The number of carbonyl (C=O) groups is 2. The van der Waals surface area contributed by atoms with E-state index in [4.69, 9.17) is 34.8 Å². The average Bonchev–Trinajstić information content (AvgIpc) is 2.99. The van der Waals surface area contributed by atoms with Crippen molar-refractivity contribution >= 4 is 62.3 Å². The van der Waals surface area contributed by atoms with Gasteiger partial charge in [-0.05, 0) is 86.8 Å². The molecule has 11 heteroatoms. The molecule has 0 bridgehead atoms. The third-order valence-corrected chi connectivity index (χ3v) is 9.94. The number of hydrogen-bond donors (Lipinski definition) is 1. The minimum Gasteiger partial charge on any atom is -0.350 e. The van der Waals surface area contributed by atoms with Crippen molar-refractivity contribution in [1.29, 1.82) is 0 Å². The first-order chi connectivity index (χ1) is 21.7. The number of carbonyl (C=O) groups excluding carboxylic acids is 2. The molecule has 0 fully saturated rings. The molecule has 242 valence electrons. The molecule has 2 amide bonds. The van der Waals surface area contributed by atoms with Crippen molar-refractivity contribution in [2.75, 3.05) is 10.8 Å². The van der Waals surface area contributed by atoms with Crippen LogP contribution in [0.5, 0.6) is 0 Å². The lowest BCUT2D eigenvalue weighted by atomic mass is 10.0. The van der Waals surface area contributed by atoms with Gasteiger partial charge in [0.1, 0.15) is 12.6 Å². The number of sulfonamides is 1. The van der Waals surface area contributed by atoms with Crippen LogP contribution in [0.25, 0.3) is 0 Å². The van der Waals surface area contributed by atoms with E-state index in [0.717, 1.165) is 9.87 Å². The summed E-state index contributed by atoms with van der Waals surface area (Å²) < 4.78 is 29.4. The number of hydrogen-bond acceptors (Lipinski definition) is 4. The minimum absolute atomic E-state index is 0.0321. The summed E-state index contributed by atoms with van der Waals surface area (Å²) in [6, 6.07) is 26.0. The average molecular weight is 701 g/mol. The van der Waals surface area contributed by atoms with Crippen LogP contribution in [0, 0.1) is 6.92 Å². The van der Waals surface area contributed by atoms with Gasteiger partial charge in [0.25, 0.3) is 10.0 Å². The normalized spacial score (nSPS) is 12.3. The third-order valence-electron chi connectivity index (χ3n) is 7.17. The van der Waals surface area contributed by atoms with Crippen molar-refractivity contribution in [3.8, 4) is 0 Å². The molecule has 0 heterocycles. The predicted octanol–water partition coefficient (Wildman–Crippen LogP) is 7.71. The summed E-state index contributed by atoms with van der Waals surface area (Å²) in [6.45, 7) is 6.72. The molecule has 0 unspecified atom stereocenters. The van der Waals surface area contributed by atoms with Gasteiger partial charge >= 0.3 is 0 Å². The van der Waals surface area contributed by atoms with E-state index in [9.17, 15) is 18.0 Å². The Balaban J connectivity index is 1.84. The summed E-state index contributed by atoms with van der Waals surface area (Å²) >= 11 is 18.6. The highest BCUT2D eigenvalue weighted by Gasteiger charge is 2.36. The third kappa shape index (κ3) is 9.04. The lowest BCUT2D eigenvalue weighted by Crippen LogP contribution is -2.56. The molecular weight excluding hydrogens is 665 g/mol. The highest BCUT2D eigenvalue weighted by atomic mass is 35.5. The van der Waals surface area contributed by atoms with Crippen LogP contribution in [0.1, 0.15) is 37.5 Å². The topological polar surface area (TPSA) is 86.8 Å². The molecule has 0 saturated heterocycles. The molecule has 1 N–H and O–H groups in total. The van der Waals surface area contributed by atoms with Gasteiger partial charge in [0.2, 0.25) is 11.8 Å². The van der Waals surface area contributed by atoms with Crippen LogP contribution >= 0.6 is 34.8 Å². The monoisotopic (exact) mass is 699 g/mol. The zero-order chi connectivity index (χ0) is 33.6. The lowest BCUT2D eigenvalue weighted by Gasteiger charge is -2.35. The Morgan fingerprint density at radius 2 is 1.43 bits per heavy atom. The number of rotatable bonds is 11. The Hall–Kier alpha value is -3.56. The second kappa shape index (κ2) is 14.9. The maximum atomic E-state index is 14.6. The molecule has 0 aromatic heterocycles. The molecular formula is C35H36Cl3N3O4S. The summed E-state index contributed by atoms with van der Waals surface area (Å²) in [5.41, 5.74) is 1.82. The van der Waals surface area contributed by atoms with E-state index >= 15 is 0 Å². The van der Waals surface area contributed by atoms with Gasteiger partial charge in [-0.1, -0.05) is 89.4 Å². The molecule has 0 aliphatic heterocycles. The quantitative estimate of drug-likeness (QED) is 0.174. The Kier molecular flexibility index (Phi) is 11.4. The van der Waals surface area contributed by atoms with Gasteiger partial charge in [-0.3, -0.25) is 13.9 Å². The van der Waals surface area contributed by atoms with Crippen molar-refractivity contribution < 1.29 is 18.0 Å². The van der Waals surface area contributed by atoms with Crippen molar-refractivity contribution in [2.24, 2.45) is 0 Å². The van der Waals surface area contributed by atoms with Crippen LogP contribution < -0.4 is 9.62 Å². The Bertz CT molecular complexity index is 1790. The van der Waals surface area contributed by atoms with Crippen molar-refractivity contribution in [2.45, 2.75) is 57.1 Å². The largest absolute Gasteiger partial charge is 0.350 e. The smallest absolute Gasteiger partial charge is 0.264 e. The first-order valence-corrected chi connectivity index (χ1v) is 17.2. The fourth-order valence-electron chi connectivity index (χ4n) is 4.93. The molecule has 0 saturated carbocycles. The van der Waals surface area contributed by atoms with Gasteiger partial charge in [-0.15, -0.1) is 0 Å². The first kappa shape index (κ1) is 35.3. The van der Waals surface area contributed by atoms with Crippen molar-refractivity contribution in [1.82, 2.24) is 10.2 Å². The number of benzene rings is 4. The fraction of sp³-hybridized carbons (Fsp3) is 0.257. The van der Waals surface area contributed by atoms with Crippen LogP contribution in [0.3, 0.4) is 0 Å². The van der Waals surface area contributed by atoms with E-state index in [0.29, 0.717) is 26.9 Å². The highest BCUT2D eigenvalue weighted by Crippen LogP contribution is 2.29. The Labute approximate surface area is 286 Å². The van der Waals surface area contributed by atoms with Crippen LogP contribution in [0.4, 0.5) is 5.69 Å². The van der Waals surface area contributed by atoms with Gasteiger partial charge in [0, 0.05) is 23.5 Å². The van der Waals surface area contributed by atoms with Crippen LogP contribution in [-0.2, 0) is 32.6 Å². The second-order valence-corrected chi connectivity index (χ2v) is 15.1. The molecule has 0 aliphatic rings. The number of halogens is 3. The van der Waals surface area contributed by atoms with Gasteiger partial charge in [0.15, 0.2) is 0 Å². The highest BCUT2D eigenvalue weighted by molar-refractivity contribution is 7.92. The lowest BCUT2D eigenvalue weighted by molar-refractivity contribution is -0.140. The van der Waals surface area contributed by atoms with Crippen molar-refractivity contribution in [3.05, 3.63) is 129 Å². The Morgan fingerprint density at radius 1 is 0.804 bits per heavy atom. The molecule has 4 aromatic rings. The van der Waals surface area contributed by atoms with E-state index < -0.39 is 34.1 Å². The number of nitrogens with one attached hydrogen (secondary N) is 1. The molecule has 0 spiro atoms. The molecule has 4 rings (SSSR count). The van der Waals surface area contributed by atoms with E-state index in [2.05, 4.69) is 5.32 Å². The number of amides is 2. The van der Waals surface area contributed by atoms with Crippen LogP contribution in [0.15, 0.2) is 102 Å². The van der Waals surface area contributed by atoms with E-state index in [1.807, 2.05) is 51.1 Å². The summed E-state index contributed by atoms with van der Waals surface area (Å²) in [7, 11) is -4.25. The number of nitrogens with zero attached hydrogens (tertiary/aromatic N) is 2. The maximum Gasteiger partial charge on any atom is 0.264 e.